The molecule has 0 unspecified atom stereocenters. The lowest BCUT2D eigenvalue weighted by atomic mass is 9.88. The molecular formula is C25H28BrO2P. The lowest BCUT2D eigenvalue weighted by Crippen LogP contribution is -2.23. The quantitative estimate of drug-likeness (QED) is 0.354. The first-order valence-corrected chi connectivity index (χ1v) is 12.2. The van der Waals surface area contributed by atoms with Crippen molar-refractivity contribution in [1.82, 2.24) is 0 Å². The van der Waals surface area contributed by atoms with Crippen molar-refractivity contribution in [1.29, 1.82) is 0 Å². The van der Waals surface area contributed by atoms with Gasteiger partial charge in [-0.1, -0.05) is 107 Å². The number of hydrogen-bond acceptors (Lipinski definition) is 1. The predicted molar refractivity (Wildman–Crippen MR) is 130 cm³/mol. The standard InChI is InChI=1S/C18H15P.C7H13BrO2/c1-4-10-16(11-5-1)19(17-12-6-2-7-13-17)18-14-8-3-9-15-18;1-7(2,6(9)10)4-3-5-8/h1-15H;3-5H2,1-2H3,(H,9,10). The summed E-state index contributed by atoms with van der Waals surface area (Å²) in [5.74, 6) is -0.714. The molecule has 0 fully saturated rings. The summed E-state index contributed by atoms with van der Waals surface area (Å²) in [5.41, 5.74) is -0.562. The summed E-state index contributed by atoms with van der Waals surface area (Å²) in [6.07, 6.45) is 1.65. The number of hydrogen-bond donors (Lipinski definition) is 1. The Morgan fingerprint density at radius 3 is 1.41 bits per heavy atom. The van der Waals surface area contributed by atoms with Crippen LogP contribution in [-0.4, -0.2) is 16.4 Å². The van der Waals surface area contributed by atoms with Crippen molar-refractivity contribution in [3.8, 4) is 0 Å². The molecule has 3 rings (SSSR count). The molecule has 2 nitrogen and oxygen atoms in total. The molecule has 0 spiro atoms. The molecule has 3 aromatic rings. The smallest absolute Gasteiger partial charge is 0.309 e. The third kappa shape index (κ3) is 7.42. The van der Waals surface area contributed by atoms with Crippen molar-refractivity contribution < 1.29 is 9.90 Å². The Hall–Kier alpha value is -1.96. The number of halogens is 1. The van der Waals surface area contributed by atoms with E-state index in [2.05, 4.69) is 107 Å². The zero-order valence-corrected chi connectivity index (χ0v) is 19.4. The molecule has 0 aliphatic carbocycles. The number of carboxylic acid groups (broad SMARTS) is 1. The summed E-state index contributed by atoms with van der Waals surface area (Å²) >= 11 is 3.26. The van der Waals surface area contributed by atoms with Gasteiger partial charge >= 0.3 is 5.97 Å². The third-order valence-electron chi connectivity index (χ3n) is 4.56. The number of rotatable bonds is 7. The van der Waals surface area contributed by atoms with Crippen molar-refractivity contribution in [2.75, 3.05) is 5.33 Å². The maximum absolute atomic E-state index is 10.5. The highest BCUT2D eigenvalue weighted by Gasteiger charge is 2.25. The molecule has 0 aliphatic rings. The fraction of sp³-hybridized carbons (Fsp3) is 0.240. The zero-order chi connectivity index (χ0) is 21.1. The zero-order valence-electron chi connectivity index (χ0n) is 17.0. The van der Waals surface area contributed by atoms with Crippen molar-refractivity contribution in [3.63, 3.8) is 0 Å². The lowest BCUT2D eigenvalue weighted by Gasteiger charge is -2.18. The van der Waals surface area contributed by atoms with E-state index in [-0.39, 0.29) is 0 Å². The van der Waals surface area contributed by atoms with E-state index in [1.807, 2.05) is 0 Å². The highest BCUT2D eigenvalue weighted by molar-refractivity contribution is 9.09. The van der Waals surface area contributed by atoms with Gasteiger partial charge in [0.05, 0.1) is 5.41 Å². The van der Waals surface area contributed by atoms with Crippen LogP contribution in [0.25, 0.3) is 0 Å². The Balaban J connectivity index is 0.000000257. The van der Waals surface area contributed by atoms with Crippen LogP contribution in [0, 0.1) is 5.41 Å². The summed E-state index contributed by atoms with van der Waals surface area (Å²) in [6.45, 7) is 3.50. The highest BCUT2D eigenvalue weighted by atomic mass is 79.9. The molecule has 29 heavy (non-hydrogen) atoms. The minimum atomic E-state index is -0.714. The van der Waals surface area contributed by atoms with Gasteiger partial charge in [-0.3, -0.25) is 4.79 Å². The largest absolute Gasteiger partial charge is 0.481 e. The first kappa shape index (κ1) is 23.3. The Bertz CT molecular complexity index is 758. The topological polar surface area (TPSA) is 37.3 Å². The molecule has 0 bridgehead atoms. The second kappa shape index (κ2) is 11.9. The second-order valence-electron chi connectivity index (χ2n) is 7.32. The van der Waals surface area contributed by atoms with Gasteiger partial charge in [0.15, 0.2) is 0 Å². The number of carboxylic acids is 1. The molecule has 0 aliphatic heterocycles. The summed E-state index contributed by atoms with van der Waals surface area (Å²) < 4.78 is 0. The molecule has 0 atom stereocenters. The molecule has 0 heterocycles. The van der Waals surface area contributed by atoms with E-state index in [1.54, 1.807) is 13.8 Å². The SMILES string of the molecule is CC(C)(CCCBr)C(=O)O.c1ccc(P(c2ccccc2)c2ccccc2)cc1. The summed E-state index contributed by atoms with van der Waals surface area (Å²) in [4.78, 5) is 10.5. The predicted octanol–water partition coefficient (Wildman–Crippen LogP) is 5.72. The van der Waals surface area contributed by atoms with E-state index in [4.69, 9.17) is 5.11 Å². The molecular weight excluding hydrogens is 443 g/mol. The van der Waals surface area contributed by atoms with Crippen LogP contribution < -0.4 is 15.9 Å². The molecule has 4 heteroatoms. The Morgan fingerprint density at radius 1 is 0.793 bits per heavy atom. The lowest BCUT2D eigenvalue weighted by molar-refractivity contribution is -0.147. The van der Waals surface area contributed by atoms with E-state index in [1.165, 1.54) is 15.9 Å². The highest BCUT2D eigenvalue weighted by Crippen LogP contribution is 2.32. The van der Waals surface area contributed by atoms with E-state index in [0.717, 1.165) is 18.2 Å². The van der Waals surface area contributed by atoms with Crippen molar-refractivity contribution in [2.45, 2.75) is 26.7 Å². The van der Waals surface area contributed by atoms with Gasteiger partial charge in [0, 0.05) is 5.33 Å². The van der Waals surface area contributed by atoms with E-state index < -0.39 is 19.3 Å². The molecule has 0 saturated carbocycles. The molecule has 0 radical (unpaired) electrons. The number of aliphatic carboxylic acids is 1. The van der Waals surface area contributed by atoms with Crippen molar-refractivity contribution in [2.24, 2.45) is 5.41 Å². The summed E-state index contributed by atoms with van der Waals surface area (Å²) in [5, 5.41) is 13.7. The minimum Gasteiger partial charge on any atom is -0.481 e. The van der Waals surface area contributed by atoms with Crippen LogP contribution in [0.1, 0.15) is 26.7 Å². The fourth-order valence-corrected chi connectivity index (χ4v) is 5.38. The number of carbonyl (C=O) groups is 1. The Labute approximate surface area is 183 Å². The molecule has 0 amide bonds. The van der Waals surface area contributed by atoms with Crippen LogP contribution >= 0.6 is 23.9 Å². The Morgan fingerprint density at radius 2 is 1.14 bits per heavy atom. The van der Waals surface area contributed by atoms with Gasteiger partial charge in [0.1, 0.15) is 0 Å². The van der Waals surface area contributed by atoms with Gasteiger partial charge in [-0.15, -0.1) is 0 Å². The molecule has 0 aromatic heterocycles. The van der Waals surface area contributed by atoms with Crippen molar-refractivity contribution in [3.05, 3.63) is 91.0 Å². The number of alkyl halides is 1. The normalized spacial score (nSPS) is 10.9. The average molecular weight is 471 g/mol. The van der Waals surface area contributed by atoms with Gasteiger partial charge in [-0.25, -0.2) is 0 Å². The first-order valence-electron chi connectivity index (χ1n) is 9.70. The third-order valence-corrected chi connectivity index (χ3v) is 7.56. The van der Waals surface area contributed by atoms with Crippen LogP contribution in [0.4, 0.5) is 0 Å². The van der Waals surface area contributed by atoms with Crippen molar-refractivity contribution >= 4 is 45.7 Å². The van der Waals surface area contributed by atoms with E-state index in [9.17, 15) is 4.79 Å². The minimum absolute atomic E-state index is 0.446. The maximum atomic E-state index is 10.5. The van der Waals surface area contributed by atoms with E-state index in [0.29, 0.717) is 0 Å². The van der Waals surface area contributed by atoms with Gasteiger partial charge < -0.3 is 5.11 Å². The van der Waals surface area contributed by atoms with Crippen LogP contribution in [0.3, 0.4) is 0 Å². The average Bonchev–Trinajstić information content (AvgIpc) is 2.75. The fourth-order valence-electron chi connectivity index (χ4n) is 2.79. The van der Waals surface area contributed by atoms with Crippen LogP contribution in [-0.2, 0) is 4.79 Å². The van der Waals surface area contributed by atoms with Gasteiger partial charge in [-0.05, 0) is 50.5 Å². The molecule has 3 aromatic carbocycles. The summed E-state index contributed by atoms with van der Waals surface area (Å²) in [7, 11) is -0.446. The molecule has 1 N–H and O–H groups in total. The molecule has 152 valence electrons. The van der Waals surface area contributed by atoms with Crippen LogP contribution in [0.2, 0.25) is 0 Å². The van der Waals surface area contributed by atoms with E-state index >= 15 is 0 Å². The van der Waals surface area contributed by atoms with Crippen LogP contribution in [0.5, 0.6) is 0 Å². The Kier molecular flexibility index (Phi) is 9.57. The monoisotopic (exact) mass is 470 g/mol. The van der Waals surface area contributed by atoms with Gasteiger partial charge in [-0.2, -0.15) is 0 Å². The number of benzene rings is 3. The first-order chi connectivity index (χ1) is 14.0. The van der Waals surface area contributed by atoms with Gasteiger partial charge in [0.25, 0.3) is 0 Å². The second-order valence-corrected chi connectivity index (χ2v) is 10.3. The maximum Gasteiger partial charge on any atom is 0.309 e. The van der Waals surface area contributed by atoms with Crippen LogP contribution in [0.15, 0.2) is 91.0 Å². The summed E-state index contributed by atoms with van der Waals surface area (Å²) in [6, 6.07) is 32.3. The van der Waals surface area contributed by atoms with Gasteiger partial charge in [0.2, 0.25) is 0 Å². The molecule has 0 saturated heterocycles.